The second-order valence-electron chi connectivity index (χ2n) is 2.89. The van der Waals surface area contributed by atoms with E-state index in [9.17, 15) is 0 Å². The molecule has 0 spiro atoms. The lowest BCUT2D eigenvalue weighted by molar-refractivity contribution is 0.528. The van der Waals surface area contributed by atoms with Crippen LogP contribution in [0.15, 0.2) is 21.4 Å². The van der Waals surface area contributed by atoms with Gasteiger partial charge >= 0.3 is 0 Å². The Morgan fingerprint density at radius 3 is 2.75 bits per heavy atom. The molecule has 1 aromatic rings. The molecule has 1 unspecified atom stereocenters. The van der Waals surface area contributed by atoms with Gasteiger partial charge in [-0.25, -0.2) is 0 Å². The molecule has 0 aliphatic heterocycles. The van der Waals surface area contributed by atoms with Crippen LogP contribution in [0.25, 0.3) is 0 Å². The van der Waals surface area contributed by atoms with Crippen molar-refractivity contribution in [3.63, 3.8) is 0 Å². The maximum absolute atomic E-state index is 5.16. The zero-order chi connectivity index (χ0) is 8.97. The minimum atomic E-state index is 0.717. The van der Waals surface area contributed by atoms with E-state index in [4.69, 9.17) is 4.42 Å². The molecule has 0 fully saturated rings. The number of hydrogen-bond donors (Lipinski definition) is 0. The topological polar surface area (TPSA) is 13.1 Å². The Balaban J connectivity index is 2.50. The van der Waals surface area contributed by atoms with E-state index in [0.717, 1.165) is 22.3 Å². The van der Waals surface area contributed by atoms with Gasteiger partial charge < -0.3 is 4.42 Å². The van der Waals surface area contributed by atoms with Crippen molar-refractivity contribution in [1.29, 1.82) is 0 Å². The Morgan fingerprint density at radius 1 is 1.58 bits per heavy atom. The van der Waals surface area contributed by atoms with E-state index in [0.29, 0.717) is 0 Å². The van der Waals surface area contributed by atoms with Crippen molar-refractivity contribution in [3.8, 4) is 0 Å². The molecule has 1 nitrogen and oxygen atoms in total. The Hall–Kier alpha value is 0.240. The quantitative estimate of drug-likeness (QED) is 0.765. The molecule has 1 rings (SSSR count). The average Bonchev–Trinajstić information content (AvgIpc) is 2.47. The van der Waals surface area contributed by atoms with Crippen molar-refractivity contribution in [2.45, 2.75) is 19.8 Å². The maximum atomic E-state index is 5.16. The van der Waals surface area contributed by atoms with Crippen molar-refractivity contribution in [2.75, 3.05) is 5.33 Å². The standard InChI is InChI=1S/C9H12Br2O/c1-2-7(5-10)3-8-4-9(11)12-6-8/h4,6-7H,2-3,5H2,1H3. The molecule has 1 aromatic heterocycles. The normalized spacial score (nSPS) is 13.2. The third kappa shape index (κ3) is 2.94. The minimum absolute atomic E-state index is 0.717. The summed E-state index contributed by atoms with van der Waals surface area (Å²) in [6.45, 7) is 2.21. The highest BCUT2D eigenvalue weighted by atomic mass is 79.9. The molecule has 0 amide bonds. The summed E-state index contributed by atoms with van der Waals surface area (Å²) in [6, 6.07) is 2.03. The highest BCUT2D eigenvalue weighted by molar-refractivity contribution is 9.10. The van der Waals surface area contributed by atoms with Crippen molar-refractivity contribution in [3.05, 3.63) is 22.6 Å². The smallest absolute Gasteiger partial charge is 0.169 e. The lowest BCUT2D eigenvalue weighted by Crippen LogP contribution is -2.03. The lowest BCUT2D eigenvalue weighted by Gasteiger charge is -2.08. The number of hydrogen-bond acceptors (Lipinski definition) is 1. The van der Waals surface area contributed by atoms with E-state index in [-0.39, 0.29) is 0 Å². The molecular formula is C9H12Br2O. The van der Waals surface area contributed by atoms with Gasteiger partial charge in [0.15, 0.2) is 4.67 Å². The number of furan rings is 1. The van der Waals surface area contributed by atoms with Gasteiger partial charge in [0.1, 0.15) is 0 Å². The van der Waals surface area contributed by atoms with E-state index in [1.165, 1.54) is 12.0 Å². The highest BCUT2D eigenvalue weighted by Gasteiger charge is 2.07. The van der Waals surface area contributed by atoms with E-state index in [1.807, 2.05) is 12.3 Å². The van der Waals surface area contributed by atoms with Crippen LogP contribution in [0.1, 0.15) is 18.9 Å². The molecule has 0 N–H and O–H groups in total. The van der Waals surface area contributed by atoms with Gasteiger partial charge in [0, 0.05) is 5.33 Å². The minimum Gasteiger partial charge on any atom is -0.457 e. The summed E-state index contributed by atoms with van der Waals surface area (Å²) in [5, 5.41) is 1.06. The van der Waals surface area contributed by atoms with Crippen LogP contribution in [0.5, 0.6) is 0 Å². The van der Waals surface area contributed by atoms with Gasteiger partial charge in [-0.2, -0.15) is 0 Å². The molecule has 1 heterocycles. The monoisotopic (exact) mass is 294 g/mol. The summed E-state index contributed by atoms with van der Waals surface area (Å²) >= 11 is 6.79. The Bertz CT molecular complexity index is 228. The molecule has 0 aliphatic carbocycles. The maximum Gasteiger partial charge on any atom is 0.169 e. The van der Waals surface area contributed by atoms with E-state index < -0.39 is 0 Å². The van der Waals surface area contributed by atoms with Crippen LogP contribution < -0.4 is 0 Å². The Morgan fingerprint density at radius 2 is 2.33 bits per heavy atom. The molecule has 0 aliphatic rings. The molecule has 1 atom stereocenters. The van der Waals surface area contributed by atoms with Crippen molar-refractivity contribution in [1.82, 2.24) is 0 Å². The van der Waals surface area contributed by atoms with Crippen LogP contribution in [0.3, 0.4) is 0 Å². The number of rotatable bonds is 4. The molecule has 0 aromatic carbocycles. The van der Waals surface area contributed by atoms with Crippen molar-refractivity contribution in [2.24, 2.45) is 5.92 Å². The molecule has 12 heavy (non-hydrogen) atoms. The fourth-order valence-electron chi connectivity index (χ4n) is 1.09. The molecule has 3 heteroatoms. The largest absolute Gasteiger partial charge is 0.457 e. The van der Waals surface area contributed by atoms with Gasteiger partial charge in [-0.05, 0) is 39.9 Å². The van der Waals surface area contributed by atoms with E-state index in [2.05, 4.69) is 38.8 Å². The molecule has 0 saturated heterocycles. The third-order valence-electron chi connectivity index (χ3n) is 1.94. The van der Waals surface area contributed by atoms with Crippen LogP contribution in [0.4, 0.5) is 0 Å². The highest BCUT2D eigenvalue weighted by Crippen LogP contribution is 2.19. The van der Waals surface area contributed by atoms with Gasteiger partial charge in [0.05, 0.1) is 6.26 Å². The third-order valence-corrected chi connectivity index (χ3v) is 3.27. The summed E-state index contributed by atoms with van der Waals surface area (Å²) < 4.78 is 5.98. The van der Waals surface area contributed by atoms with Crippen molar-refractivity contribution >= 4 is 31.9 Å². The van der Waals surface area contributed by atoms with E-state index >= 15 is 0 Å². The van der Waals surface area contributed by atoms with Crippen LogP contribution in [-0.4, -0.2) is 5.33 Å². The predicted molar refractivity (Wildman–Crippen MR) is 57.7 cm³/mol. The summed E-state index contributed by atoms with van der Waals surface area (Å²) in [5.74, 6) is 0.717. The summed E-state index contributed by atoms with van der Waals surface area (Å²) in [7, 11) is 0. The van der Waals surface area contributed by atoms with Gasteiger partial charge in [0.25, 0.3) is 0 Å². The SMILES string of the molecule is CCC(CBr)Cc1coc(Br)c1. The first-order valence-electron chi connectivity index (χ1n) is 4.05. The molecular weight excluding hydrogens is 284 g/mol. The average molecular weight is 296 g/mol. The van der Waals surface area contributed by atoms with E-state index in [1.54, 1.807) is 0 Å². The fraction of sp³-hybridized carbons (Fsp3) is 0.556. The van der Waals surface area contributed by atoms with Gasteiger partial charge in [0.2, 0.25) is 0 Å². The number of halogens is 2. The first-order chi connectivity index (χ1) is 5.76. The molecule has 0 bridgehead atoms. The zero-order valence-corrected chi connectivity index (χ0v) is 10.2. The second-order valence-corrected chi connectivity index (χ2v) is 4.32. The number of alkyl halides is 1. The summed E-state index contributed by atoms with van der Waals surface area (Å²) in [6.07, 6.45) is 4.11. The zero-order valence-electron chi connectivity index (χ0n) is 7.02. The van der Waals surface area contributed by atoms with Gasteiger partial charge in [-0.1, -0.05) is 29.3 Å². The second kappa shape index (κ2) is 5.07. The predicted octanol–water partition coefficient (Wildman–Crippen LogP) is 4.01. The lowest BCUT2D eigenvalue weighted by atomic mass is 10.0. The van der Waals surface area contributed by atoms with Crippen molar-refractivity contribution < 1.29 is 4.42 Å². The van der Waals surface area contributed by atoms with Crippen LogP contribution in [0.2, 0.25) is 0 Å². The van der Waals surface area contributed by atoms with Crippen LogP contribution >= 0.6 is 31.9 Å². The summed E-state index contributed by atoms with van der Waals surface area (Å²) in [5.41, 5.74) is 1.27. The Labute approximate surface area is 89.8 Å². The van der Waals surface area contributed by atoms with Crippen LogP contribution in [0, 0.1) is 5.92 Å². The van der Waals surface area contributed by atoms with Gasteiger partial charge in [-0.3, -0.25) is 0 Å². The van der Waals surface area contributed by atoms with Crippen LogP contribution in [-0.2, 0) is 6.42 Å². The molecule has 0 saturated carbocycles. The van der Waals surface area contributed by atoms with Gasteiger partial charge in [-0.15, -0.1) is 0 Å². The summed E-state index contributed by atoms with van der Waals surface area (Å²) in [4.78, 5) is 0. The molecule has 68 valence electrons. The first-order valence-corrected chi connectivity index (χ1v) is 5.96. The molecule has 0 radical (unpaired) electrons. The Kier molecular flexibility index (Phi) is 4.36. The first kappa shape index (κ1) is 10.3. The fourth-order valence-corrected chi connectivity index (χ4v) is 2.17.